The van der Waals surface area contributed by atoms with Gasteiger partial charge < -0.3 is 20.4 Å². The van der Waals surface area contributed by atoms with Crippen LogP contribution in [0.25, 0.3) is 0 Å². The van der Waals surface area contributed by atoms with Crippen LogP contribution in [-0.4, -0.2) is 56.5 Å². The first-order valence-electron chi connectivity index (χ1n) is 10.3. The standard InChI is InChI=1S/C23H29N5O.HI/c1-24-23(28-13-11-20(16-28)19-5-3-2-4-6-19)26-15-18-7-9-21(10-8-18)27-14-12-25-22(29)17-27;/h2-10,20H,11-17H2,1H3,(H,24,26)(H,25,29);1H. The van der Waals surface area contributed by atoms with Gasteiger partial charge >= 0.3 is 0 Å². The Hall–Kier alpha value is -2.29. The van der Waals surface area contributed by atoms with E-state index in [9.17, 15) is 4.79 Å². The molecule has 2 fully saturated rings. The molecule has 1 atom stereocenters. The number of anilines is 1. The van der Waals surface area contributed by atoms with Gasteiger partial charge in [-0.15, -0.1) is 24.0 Å². The Kier molecular flexibility index (Phi) is 7.95. The molecule has 0 aromatic heterocycles. The summed E-state index contributed by atoms with van der Waals surface area (Å²) in [5, 5.41) is 6.37. The number of carbonyl (C=O) groups excluding carboxylic acids is 1. The van der Waals surface area contributed by atoms with E-state index in [-0.39, 0.29) is 29.9 Å². The predicted octanol–water partition coefficient (Wildman–Crippen LogP) is 2.81. The predicted molar refractivity (Wildman–Crippen MR) is 133 cm³/mol. The normalized spacial score (nSPS) is 19.3. The number of likely N-dealkylation sites (tertiary alicyclic amines) is 1. The van der Waals surface area contributed by atoms with Gasteiger partial charge in [0.1, 0.15) is 0 Å². The maximum absolute atomic E-state index is 11.6. The monoisotopic (exact) mass is 519 g/mol. The lowest BCUT2D eigenvalue weighted by atomic mass is 9.99. The number of piperazine rings is 1. The summed E-state index contributed by atoms with van der Waals surface area (Å²) in [7, 11) is 1.85. The van der Waals surface area contributed by atoms with Crippen LogP contribution in [0.3, 0.4) is 0 Å². The van der Waals surface area contributed by atoms with Crippen LogP contribution in [0.5, 0.6) is 0 Å². The summed E-state index contributed by atoms with van der Waals surface area (Å²) in [6.07, 6.45) is 1.16. The van der Waals surface area contributed by atoms with E-state index in [1.807, 2.05) is 7.05 Å². The fourth-order valence-corrected chi connectivity index (χ4v) is 4.15. The summed E-state index contributed by atoms with van der Waals surface area (Å²) in [6, 6.07) is 19.2. The zero-order valence-corrected chi connectivity index (χ0v) is 19.7. The van der Waals surface area contributed by atoms with Crippen molar-refractivity contribution in [3.05, 3.63) is 65.7 Å². The number of nitrogens with one attached hydrogen (secondary N) is 2. The van der Waals surface area contributed by atoms with Crippen molar-refractivity contribution in [1.29, 1.82) is 0 Å². The fourth-order valence-electron chi connectivity index (χ4n) is 4.15. The molecular formula is C23H30IN5O. The maximum Gasteiger partial charge on any atom is 0.239 e. The average Bonchev–Trinajstić information content (AvgIpc) is 3.25. The maximum atomic E-state index is 11.6. The van der Waals surface area contributed by atoms with Crippen molar-refractivity contribution < 1.29 is 4.79 Å². The largest absolute Gasteiger partial charge is 0.360 e. The molecule has 2 aromatic rings. The molecule has 7 heteroatoms. The molecule has 0 saturated carbocycles. The molecule has 6 nitrogen and oxygen atoms in total. The third-order valence-corrected chi connectivity index (χ3v) is 5.76. The van der Waals surface area contributed by atoms with E-state index in [4.69, 9.17) is 0 Å². The Morgan fingerprint density at radius 1 is 1.13 bits per heavy atom. The van der Waals surface area contributed by atoms with Gasteiger partial charge in [0.15, 0.2) is 5.96 Å². The second-order valence-corrected chi connectivity index (χ2v) is 7.68. The number of guanidine groups is 1. The number of rotatable bonds is 4. The van der Waals surface area contributed by atoms with Crippen molar-refractivity contribution in [1.82, 2.24) is 15.5 Å². The minimum atomic E-state index is 0. The number of nitrogens with zero attached hydrogens (tertiary/aromatic N) is 3. The lowest BCUT2D eigenvalue weighted by Crippen LogP contribution is -2.47. The smallest absolute Gasteiger partial charge is 0.239 e. The molecular weight excluding hydrogens is 489 g/mol. The summed E-state index contributed by atoms with van der Waals surface area (Å²) < 4.78 is 0. The van der Waals surface area contributed by atoms with Gasteiger partial charge in [0, 0.05) is 51.4 Å². The van der Waals surface area contributed by atoms with Crippen LogP contribution < -0.4 is 15.5 Å². The van der Waals surface area contributed by atoms with Gasteiger partial charge in [0.05, 0.1) is 6.54 Å². The van der Waals surface area contributed by atoms with Gasteiger partial charge in [-0.2, -0.15) is 0 Å². The van der Waals surface area contributed by atoms with E-state index < -0.39 is 0 Å². The molecule has 0 bridgehead atoms. The summed E-state index contributed by atoms with van der Waals surface area (Å²) in [5.74, 6) is 1.61. The van der Waals surface area contributed by atoms with Crippen molar-refractivity contribution in [2.24, 2.45) is 4.99 Å². The highest BCUT2D eigenvalue weighted by Crippen LogP contribution is 2.27. The minimum Gasteiger partial charge on any atom is -0.360 e. The van der Waals surface area contributed by atoms with Crippen molar-refractivity contribution in [3.63, 3.8) is 0 Å². The minimum absolute atomic E-state index is 0. The molecule has 2 aliphatic heterocycles. The van der Waals surface area contributed by atoms with Gasteiger partial charge in [-0.25, -0.2) is 0 Å². The zero-order valence-electron chi connectivity index (χ0n) is 17.4. The first-order valence-corrected chi connectivity index (χ1v) is 10.3. The number of benzene rings is 2. The molecule has 30 heavy (non-hydrogen) atoms. The number of aliphatic imine (C=N–C) groups is 1. The van der Waals surface area contributed by atoms with Gasteiger partial charge in [-0.05, 0) is 29.7 Å². The van der Waals surface area contributed by atoms with E-state index in [2.05, 4.69) is 80.0 Å². The lowest BCUT2D eigenvalue weighted by Gasteiger charge is -2.28. The second kappa shape index (κ2) is 10.7. The SMILES string of the molecule is CN=C(NCc1ccc(N2CCNC(=O)C2)cc1)N1CCC(c2ccccc2)C1.I. The Morgan fingerprint density at radius 3 is 2.60 bits per heavy atom. The summed E-state index contributed by atoms with van der Waals surface area (Å²) in [5.41, 5.74) is 3.71. The van der Waals surface area contributed by atoms with Gasteiger partial charge in [0.2, 0.25) is 5.91 Å². The summed E-state index contributed by atoms with van der Waals surface area (Å²) in [6.45, 7) is 4.75. The number of halogens is 1. The number of hydrogen-bond acceptors (Lipinski definition) is 3. The Bertz CT molecular complexity index is 856. The Morgan fingerprint density at radius 2 is 1.90 bits per heavy atom. The van der Waals surface area contributed by atoms with Crippen LogP contribution in [-0.2, 0) is 11.3 Å². The molecule has 2 heterocycles. The molecule has 2 aromatic carbocycles. The van der Waals surface area contributed by atoms with Crippen molar-refractivity contribution in [2.75, 3.05) is 44.7 Å². The number of amides is 1. The summed E-state index contributed by atoms with van der Waals surface area (Å²) in [4.78, 5) is 20.5. The number of hydrogen-bond donors (Lipinski definition) is 2. The molecule has 0 spiro atoms. The van der Waals surface area contributed by atoms with Crippen LogP contribution in [0, 0.1) is 0 Å². The van der Waals surface area contributed by atoms with E-state index >= 15 is 0 Å². The van der Waals surface area contributed by atoms with Crippen LogP contribution in [0.15, 0.2) is 59.6 Å². The van der Waals surface area contributed by atoms with Gasteiger partial charge in [-0.1, -0.05) is 42.5 Å². The fraction of sp³-hybridized carbons (Fsp3) is 0.391. The highest BCUT2D eigenvalue weighted by Gasteiger charge is 2.25. The van der Waals surface area contributed by atoms with Crippen molar-refractivity contribution >= 4 is 41.5 Å². The highest BCUT2D eigenvalue weighted by molar-refractivity contribution is 14.0. The molecule has 1 unspecified atom stereocenters. The van der Waals surface area contributed by atoms with Crippen LogP contribution in [0.2, 0.25) is 0 Å². The topological polar surface area (TPSA) is 60.0 Å². The van der Waals surface area contributed by atoms with E-state index in [0.29, 0.717) is 19.0 Å². The van der Waals surface area contributed by atoms with Crippen LogP contribution in [0.4, 0.5) is 5.69 Å². The lowest BCUT2D eigenvalue weighted by molar-refractivity contribution is -0.120. The van der Waals surface area contributed by atoms with E-state index in [1.165, 1.54) is 11.1 Å². The molecule has 4 rings (SSSR count). The summed E-state index contributed by atoms with van der Waals surface area (Å²) >= 11 is 0. The van der Waals surface area contributed by atoms with E-state index in [1.54, 1.807) is 0 Å². The second-order valence-electron chi connectivity index (χ2n) is 7.68. The average molecular weight is 519 g/mol. The molecule has 0 aliphatic carbocycles. The number of carbonyl (C=O) groups is 1. The van der Waals surface area contributed by atoms with Crippen LogP contribution in [0.1, 0.15) is 23.5 Å². The molecule has 2 N–H and O–H groups in total. The first-order chi connectivity index (χ1) is 14.2. The third kappa shape index (κ3) is 5.44. The molecule has 0 radical (unpaired) electrons. The van der Waals surface area contributed by atoms with Gasteiger partial charge in [-0.3, -0.25) is 9.79 Å². The molecule has 2 saturated heterocycles. The first kappa shape index (κ1) is 22.4. The van der Waals surface area contributed by atoms with Crippen LogP contribution >= 0.6 is 24.0 Å². The molecule has 160 valence electrons. The van der Waals surface area contributed by atoms with Crippen molar-refractivity contribution in [3.8, 4) is 0 Å². The zero-order chi connectivity index (χ0) is 20.1. The molecule has 1 amide bonds. The molecule has 2 aliphatic rings. The van der Waals surface area contributed by atoms with E-state index in [0.717, 1.165) is 44.2 Å². The third-order valence-electron chi connectivity index (χ3n) is 5.76. The highest BCUT2D eigenvalue weighted by atomic mass is 127. The Labute approximate surface area is 195 Å². The quantitative estimate of drug-likeness (QED) is 0.371. The van der Waals surface area contributed by atoms with Gasteiger partial charge in [0.25, 0.3) is 0 Å². The Balaban J connectivity index is 0.00000256. The van der Waals surface area contributed by atoms with Crippen molar-refractivity contribution in [2.45, 2.75) is 18.9 Å².